The van der Waals surface area contributed by atoms with Crippen molar-refractivity contribution in [2.24, 2.45) is 5.92 Å². The van der Waals surface area contributed by atoms with Crippen LogP contribution in [-0.4, -0.2) is 36.2 Å². The summed E-state index contributed by atoms with van der Waals surface area (Å²) in [7, 11) is 0. The number of hydrogen-bond acceptors (Lipinski definition) is 4. The lowest BCUT2D eigenvalue weighted by Gasteiger charge is -2.29. The van der Waals surface area contributed by atoms with Gasteiger partial charge in [-0.3, -0.25) is 4.79 Å². The highest BCUT2D eigenvalue weighted by molar-refractivity contribution is 5.94. The van der Waals surface area contributed by atoms with Crippen molar-refractivity contribution in [3.8, 4) is 0 Å². The maximum Gasteiger partial charge on any atom is 0.242 e. The number of pyridine rings is 1. The quantitative estimate of drug-likeness (QED) is 0.871. The lowest BCUT2D eigenvalue weighted by atomic mass is 10.00. The Hall–Kier alpha value is -1.53. The zero-order chi connectivity index (χ0) is 15.2. The van der Waals surface area contributed by atoms with Gasteiger partial charge in [-0.15, -0.1) is 0 Å². The third-order valence-corrected chi connectivity index (χ3v) is 3.56. The molecule has 0 aromatic carbocycles. The molecule has 5 nitrogen and oxygen atoms in total. The number of carbonyl (C=O) groups excluding carboxylic acids is 1. The highest BCUT2D eigenvalue weighted by Crippen LogP contribution is 2.13. The fourth-order valence-electron chi connectivity index (χ4n) is 2.34. The summed E-state index contributed by atoms with van der Waals surface area (Å²) in [6, 6.07) is 2.72. The van der Waals surface area contributed by atoms with E-state index in [4.69, 9.17) is 4.74 Å². The number of carbonyl (C=O) groups is 1. The standard InChI is InChI=1S/C15H22FN3O2/c1-10(2)14(18-12-5-7-21-8-6-12)15(20)19-13-4-3-11(16)9-17-13/h3-4,9-10,12,14,18H,5-8H2,1-2H3,(H,17,19,20)/t14-/m0/s1. The first-order valence-corrected chi connectivity index (χ1v) is 7.32. The van der Waals surface area contributed by atoms with Crippen molar-refractivity contribution < 1.29 is 13.9 Å². The van der Waals surface area contributed by atoms with Gasteiger partial charge in [0, 0.05) is 19.3 Å². The Morgan fingerprint density at radius 3 is 2.67 bits per heavy atom. The summed E-state index contributed by atoms with van der Waals surface area (Å²) in [4.78, 5) is 16.2. The lowest BCUT2D eigenvalue weighted by molar-refractivity contribution is -0.119. The van der Waals surface area contributed by atoms with E-state index in [1.807, 2.05) is 13.8 Å². The molecule has 1 fully saturated rings. The van der Waals surface area contributed by atoms with Gasteiger partial charge in [-0.25, -0.2) is 9.37 Å². The van der Waals surface area contributed by atoms with Gasteiger partial charge < -0.3 is 15.4 Å². The van der Waals surface area contributed by atoms with E-state index in [1.54, 1.807) is 0 Å². The Kier molecular flexibility index (Phi) is 5.64. The van der Waals surface area contributed by atoms with Gasteiger partial charge in [0.15, 0.2) is 0 Å². The second kappa shape index (κ2) is 7.47. The molecule has 2 rings (SSSR count). The molecule has 1 saturated heterocycles. The van der Waals surface area contributed by atoms with Crippen LogP contribution in [0.15, 0.2) is 18.3 Å². The summed E-state index contributed by atoms with van der Waals surface area (Å²) in [5.74, 6) is -0.0570. The number of ether oxygens (including phenoxy) is 1. The van der Waals surface area contributed by atoms with E-state index >= 15 is 0 Å². The summed E-state index contributed by atoms with van der Waals surface area (Å²) >= 11 is 0. The number of amides is 1. The number of hydrogen-bond donors (Lipinski definition) is 2. The number of rotatable bonds is 5. The topological polar surface area (TPSA) is 63.2 Å². The van der Waals surface area contributed by atoms with Gasteiger partial charge in [0.05, 0.1) is 12.2 Å². The first kappa shape index (κ1) is 15.9. The molecule has 1 aromatic rings. The van der Waals surface area contributed by atoms with E-state index in [9.17, 15) is 9.18 Å². The molecule has 0 bridgehead atoms. The number of nitrogens with zero attached hydrogens (tertiary/aromatic N) is 1. The van der Waals surface area contributed by atoms with Gasteiger partial charge >= 0.3 is 0 Å². The zero-order valence-corrected chi connectivity index (χ0v) is 12.4. The second-order valence-electron chi connectivity index (χ2n) is 5.63. The van der Waals surface area contributed by atoms with Crippen LogP contribution in [-0.2, 0) is 9.53 Å². The predicted octanol–water partition coefficient (Wildman–Crippen LogP) is 1.95. The number of aromatic nitrogens is 1. The molecule has 0 radical (unpaired) electrons. The predicted molar refractivity (Wildman–Crippen MR) is 78.4 cm³/mol. The molecule has 0 unspecified atom stereocenters. The SMILES string of the molecule is CC(C)[C@H](NC1CCOCC1)C(=O)Nc1ccc(F)cn1. The van der Waals surface area contributed by atoms with Crippen molar-refractivity contribution in [2.45, 2.75) is 38.8 Å². The van der Waals surface area contributed by atoms with Crippen LogP contribution in [0.3, 0.4) is 0 Å². The monoisotopic (exact) mass is 295 g/mol. The molecular weight excluding hydrogens is 273 g/mol. The Morgan fingerprint density at radius 1 is 1.38 bits per heavy atom. The number of anilines is 1. The molecule has 0 saturated carbocycles. The maximum absolute atomic E-state index is 12.8. The number of nitrogens with one attached hydrogen (secondary N) is 2. The minimum absolute atomic E-state index is 0.143. The summed E-state index contributed by atoms with van der Waals surface area (Å²) in [6.45, 7) is 5.44. The van der Waals surface area contributed by atoms with E-state index < -0.39 is 5.82 Å². The normalized spacial score (nSPS) is 17.7. The van der Waals surface area contributed by atoms with Crippen LogP contribution in [0.5, 0.6) is 0 Å². The molecule has 1 aliphatic heterocycles. The smallest absolute Gasteiger partial charge is 0.242 e. The molecule has 1 aromatic heterocycles. The van der Waals surface area contributed by atoms with E-state index in [0.29, 0.717) is 5.82 Å². The minimum atomic E-state index is -0.422. The molecule has 2 heterocycles. The summed E-state index contributed by atoms with van der Waals surface area (Å²) in [5, 5.41) is 6.12. The minimum Gasteiger partial charge on any atom is -0.381 e. The molecule has 0 spiro atoms. The zero-order valence-electron chi connectivity index (χ0n) is 12.4. The second-order valence-corrected chi connectivity index (χ2v) is 5.63. The van der Waals surface area contributed by atoms with Crippen LogP contribution in [0, 0.1) is 11.7 Å². The van der Waals surface area contributed by atoms with E-state index in [-0.39, 0.29) is 23.9 Å². The van der Waals surface area contributed by atoms with Gasteiger partial charge in [-0.2, -0.15) is 0 Å². The highest BCUT2D eigenvalue weighted by atomic mass is 19.1. The molecule has 1 atom stereocenters. The molecular formula is C15H22FN3O2. The van der Waals surface area contributed by atoms with Gasteiger partial charge in [-0.05, 0) is 30.9 Å². The largest absolute Gasteiger partial charge is 0.381 e. The van der Waals surface area contributed by atoms with Crippen molar-refractivity contribution >= 4 is 11.7 Å². The molecule has 0 aliphatic carbocycles. The van der Waals surface area contributed by atoms with Crippen LogP contribution < -0.4 is 10.6 Å². The molecule has 6 heteroatoms. The van der Waals surface area contributed by atoms with Crippen LogP contribution in [0.1, 0.15) is 26.7 Å². The molecule has 1 amide bonds. The summed E-state index contributed by atoms with van der Waals surface area (Å²) in [5.41, 5.74) is 0. The fraction of sp³-hybridized carbons (Fsp3) is 0.600. The van der Waals surface area contributed by atoms with Crippen molar-refractivity contribution in [2.75, 3.05) is 18.5 Å². The van der Waals surface area contributed by atoms with Crippen LogP contribution in [0.25, 0.3) is 0 Å². The first-order valence-electron chi connectivity index (χ1n) is 7.32. The Bertz CT molecular complexity index is 458. The Labute approximate surface area is 124 Å². The summed E-state index contributed by atoms with van der Waals surface area (Å²) < 4.78 is 18.1. The van der Waals surface area contributed by atoms with E-state index in [2.05, 4.69) is 15.6 Å². The van der Waals surface area contributed by atoms with Crippen molar-refractivity contribution in [3.05, 3.63) is 24.1 Å². The molecule has 116 valence electrons. The van der Waals surface area contributed by atoms with Crippen LogP contribution in [0.4, 0.5) is 10.2 Å². The lowest BCUT2D eigenvalue weighted by Crippen LogP contribution is -2.50. The van der Waals surface area contributed by atoms with Gasteiger partial charge in [-0.1, -0.05) is 13.8 Å². The van der Waals surface area contributed by atoms with E-state index in [0.717, 1.165) is 32.3 Å². The first-order chi connectivity index (χ1) is 10.1. The number of halogens is 1. The Balaban J connectivity index is 1.96. The average molecular weight is 295 g/mol. The molecule has 1 aliphatic rings. The van der Waals surface area contributed by atoms with E-state index in [1.165, 1.54) is 12.1 Å². The van der Waals surface area contributed by atoms with Crippen molar-refractivity contribution in [1.29, 1.82) is 0 Å². The average Bonchev–Trinajstić information content (AvgIpc) is 2.48. The van der Waals surface area contributed by atoms with Crippen molar-refractivity contribution in [1.82, 2.24) is 10.3 Å². The highest BCUT2D eigenvalue weighted by Gasteiger charge is 2.26. The molecule has 2 N–H and O–H groups in total. The van der Waals surface area contributed by atoms with Crippen LogP contribution in [0.2, 0.25) is 0 Å². The fourth-order valence-corrected chi connectivity index (χ4v) is 2.34. The summed E-state index contributed by atoms with van der Waals surface area (Å²) in [6.07, 6.45) is 2.91. The third kappa shape index (κ3) is 4.75. The third-order valence-electron chi connectivity index (χ3n) is 3.56. The molecule has 21 heavy (non-hydrogen) atoms. The maximum atomic E-state index is 12.8. The van der Waals surface area contributed by atoms with Gasteiger partial charge in [0.1, 0.15) is 11.6 Å². The van der Waals surface area contributed by atoms with Crippen molar-refractivity contribution in [3.63, 3.8) is 0 Å². The van der Waals surface area contributed by atoms with Gasteiger partial charge in [0.25, 0.3) is 0 Å². The van der Waals surface area contributed by atoms with Gasteiger partial charge in [0.2, 0.25) is 5.91 Å². The Morgan fingerprint density at radius 2 is 2.10 bits per heavy atom. The van der Waals surface area contributed by atoms with Crippen LogP contribution >= 0.6 is 0 Å².